The maximum Gasteiger partial charge on any atom is 0.226 e. The number of imidazole rings is 1. The number of aryl methyl sites for hydroxylation is 1. The number of rotatable bonds is 1. The van der Waals surface area contributed by atoms with Crippen LogP contribution in [0, 0.1) is 5.92 Å². The zero-order valence-electron chi connectivity index (χ0n) is 15.2. The number of likely N-dealkylation sites (tertiary alicyclic amines) is 1. The highest BCUT2D eigenvalue weighted by molar-refractivity contribution is 6.00. The third-order valence-electron chi connectivity index (χ3n) is 6.32. The Kier molecular flexibility index (Phi) is 3.81. The monoisotopic (exact) mass is 365 g/mol. The Hall–Kier alpha value is -2.63. The van der Waals surface area contributed by atoms with E-state index in [0.29, 0.717) is 43.7 Å². The number of hydrogen-bond acceptors (Lipinski definition) is 4. The number of hydrogen-bond donors (Lipinski definition) is 1. The van der Waals surface area contributed by atoms with Crippen molar-refractivity contribution in [2.75, 3.05) is 13.1 Å². The van der Waals surface area contributed by atoms with Gasteiger partial charge in [0.05, 0.1) is 24.0 Å². The van der Waals surface area contributed by atoms with Gasteiger partial charge in [0, 0.05) is 44.0 Å². The van der Waals surface area contributed by atoms with Crippen LogP contribution in [0.15, 0.2) is 30.6 Å². The zero-order valence-corrected chi connectivity index (χ0v) is 15.2. The van der Waals surface area contributed by atoms with Crippen LogP contribution in [0.4, 0.5) is 0 Å². The average Bonchev–Trinajstić information content (AvgIpc) is 3.16. The van der Waals surface area contributed by atoms with E-state index in [2.05, 4.69) is 9.97 Å². The highest BCUT2D eigenvalue weighted by Crippen LogP contribution is 2.39. The first-order valence-corrected chi connectivity index (χ1v) is 9.75. The summed E-state index contributed by atoms with van der Waals surface area (Å²) in [6.45, 7) is 1.31. The number of aromatic nitrogens is 2. The topological polar surface area (TPSA) is 75.3 Å². The third kappa shape index (κ3) is 2.83. The molecule has 5 rings (SSSR count). The van der Waals surface area contributed by atoms with Gasteiger partial charge in [-0.1, -0.05) is 12.1 Å². The summed E-state index contributed by atoms with van der Waals surface area (Å²) in [4.78, 5) is 35.0. The SMILES string of the molecule is O=C1CC2(CCN(C(=O)C3CCc4nc[nH]c4C3)CC2)Oc2ccccc21. The van der Waals surface area contributed by atoms with Gasteiger partial charge in [-0.05, 0) is 25.0 Å². The number of nitrogens with zero attached hydrogens (tertiary/aromatic N) is 2. The fraction of sp³-hybridized carbons (Fsp3) is 0.476. The number of H-pyrrole nitrogens is 1. The van der Waals surface area contributed by atoms with E-state index in [1.807, 2.05) is 29.2 Å². The van der Waals surface area contributed by atoms with E-state index < -0.39 is 5.60 Å². The molecule has 1 aromatic carbocycles. The van der Waals surface area contributed by atoms with Crippen LogP contribution in [0.1, 0.15) is 47.4 Å². The number of Topliss-reactive ketones (excluding diaryl/α,β-unsaturated/α-hetero) is 1. The van der Waals surface area contributed by atoms with Gasteiger partial charge in [0.15, 0.2) is 5.78 Å². The van der Waals surface area contributed by atoms with Gasteiger partial charge in [0.25, 0.3) is 0 Å². The lowest BCUT2D eigenvalue weighted by Gasteiger charge is -2.44. The molecule has 6 heteroatoms. The minimum Gasteiger partial charge on any atom is -0.486 e. The summed E-state index contributed by atoms with van der Waals surface area (Å²) in [5, 5.41) is 0. The van der Waals surface area contributed by atoms with Gasteiger partial charge in [-0.15, -0.1) is 0 Å². The van der Waals surface area contributed by atoms with Gasteiger partial charge >= 0.3 is 0 Å². The first kappa shape index (κ1) is 16.5. The molecule has 0 saturated carbocycles. The molecule has 1 N–H and O–H groups in total. The van der Waals surface area contributed by atoms with Crippen molar-refractivity contribution in [3.05, 3.63) is 47.5 Å². The van der Waals surface area contributed by atoms with Crippen molar-refractivity contribution in [1.29, 1.82) is 0 Å². The average molecular weight is 365 g/mol. The Bertz CT molecular complexity index is 896. The molecule has 1 saturated heterocycles. The van der Waals surface area contributed by atoms with Crippen LogP contribution >= 0.6 is 0 Å². The molecule has 3 aliphatic rings. The summed E-state index contributed by atoms with van der Waals surface area (Å²) in [7, 11) is 0. The zero-order chi connectivity index (χ0) is 18.4. The summed E-state index contributed by atoms with van der Waals surface area (Å²) >= 11 is 0. The van der Waals surface area contributed by atoms with E-state index in [1.54, 1.807) is 6.33 Å². The van der Waals surface area contributed by atoms with Crippen LogP contribution < -0.4 is 4.74 Å². The third-order valence-corrected chi connectivity index (χ3v) is 6.32. The van der Waals surface area contributed by atoms with E-state index in [1.165, 1.54) is 0 Å². The Morgan fingerprint density at radius 2 is 2.07 bits per heavy atom. The molecule has 1 fully saturated rings. The number of aromatic amines is 1. The molecule has 1 aliphatic carbocycles. The molecule has 0 bridgehead atoms. The second-order valence-electron chi connectivity index (χ2n) is 7.97. The molecule has 3 heterocycles. The van der Waals surface area contributed by atoms with E-state index in [4.69, 9.17) is 4.74 Å². The number of nitrogens with one attached hydrogen (secondary N) is 1. The molecule has 27 heavy (non-hydrogen) atoms. The van der Waals surface area contributed by atoms with Gasteiger partial charge in [-0.2, -0.15) is 0 Å². The molecule has 1 spiro atoms. The van der Waals surface area contributed by atoms with Crippen molar-refractivity contribution in [1.82, 2.24) is 14.9 Å². The van der Waals surface area contributed by atoms with Crippen LogP contribution in [0.3, 0.4) is 0 Å². The Balaban J connectivity index is 1.26. The molecule has 140 valence electrons. The number of para-hydroxylation sites is 1. The second-order valence-corrected chi connectivity index (χ2v) is 7.97. The second kappa shape index (κ2) is 6.22. The van der Waals surface area contributed by atoms with Crippen LogP contribution in [-0.2, 0) is 17.6 Å². The lowest BCUT2D eigenvalue weighted by molar-refractivity contribution is -0.139. The Labute approximate surface area is 157 Å². The number of carbonyl (C=O) groups is 2. The number of fused-ring (bicyclic) bond motifs is 2. The van der Waals surface area contributed by atoms with Crippen molar-refractivity contribution in [3.63, 3.8) is 0 Å². The molecule has 2 aliphatic heterocycles. The highest BCUT2D eigenvalue weighted by Gasteiger charge is 2.44. The fourth-order valence-corrected chi connectivity index (χ4v) is 4.73. The molecule has 6 nitrogen and oxygen atoms in total. The Morgan fingerprint density at radius 1 is 1.26 bits per heavy atom. The molecule has 1 unspecified atom stereocenters. The molecule has 1 amide bonds. The number of amides is 1. The molecular weight excluding hydrogens is 342 g/mol. The smallest absolute Gasteiger partial charge is 0.226 e. The van der Waals surface area contributed by atoms with Gasteiger partial charge in [-0.25, -0.2) is 4.98 Å². The first-order valence-electron chi connectivity index (χ1n) is 9.75. The summed E-state index contributed by atoms with van der Waals surface area (Å²) < 4.78 is 6.27. The van der Waals surface area contributed by atoms with Crippen molar-refractivity contribution in [2.45, 2.75) is 44.1 Å². The largest absolute Gasteiger partial charge is 0.486 e. The predicted octanol–water partition coefficient (Wildman–Crippen LogP) is 2.54. The van der Waals surface area contributed by atoms with Crippen LogP contribution in [0.5, 0.6) is 5.75 Å². The van der Waals surface area contributed by atoms with Crippen LogP contribution in [-0.4, -0.2) is 45.2 Å². The molecule has 1 atom stereocenters. The Morgan fingerprint density at radius 3 is 2.93 bits per heavy atom. The fourth-order valence-electron chi connectivity index (χ4n) is 4.73. The van der Waals surface area contributed by atoms with E-state index >= 15 is 0 Å². The van der Waals surface area contributed by atoms with Crippen molar-refractivity contribution >= 4 is 11.7 Å². The quantitative estimate of drug-likeness (QED) is 0.843. The summed E-state index contributed by atoms with van der Waals surface area (Å²) in [6.07, 6.45) is 6.02. The predicted molar refractivity (Wildman–Crippen MR) is 98.7 cm³/mol. The lowest BCUT2D eigenvalue weighted by atomic mass is 9.81. The maximum absolute atomic E-state index is 13.0. The summed E-state index contributed by atoms with van der Waals surface area (Å²) in [5.41, 5.74) is 2.43. The van der Waals surface area contributed by atoms with Gasteiger partial charge in [0.1, 0.15) is 11.4 Å². The number of piperidine rings is 1. The normalized spacial score (nSPS) is 23.5. The van der Waals surface area contributed by atoms with Crippen molar-refractivity contribution < 1.29 is 14.3 Å². The van der Waals surface area contributed by atoms with E-state index in [-0.39, 0.29) is 17.6 Å². The number of carbonyl (C=O) groups excluding carboxylic acids is 2. The van der Waals surface area contributed by atoms with Crippen LogP contribution in [0.2, 0.25) is 0 Å². The minimum atomic E-state index is -0.453. The number of benzene rings is 1. The van der Waals surface area contributed by atoms with Crippen LogP contribution in [0.25, 0.3) is 0 Å². The van der Waals surface area contributed by atoms with Crippen molar-refractivity contribution in [3.8, 4) is 5.75 Å². The van der Waals surface area contributed by atoms with Gasteiger partial charge in [0.2, 0.25) is 5.91 Å². The molecule has 0 radical (unpaired) electrons. The minimum absolute atomic E-state index is 0.0293. The summed E-state index contributed by atoms with van der Waals surface area (Å²) in [6, 6.07) is 7.47. The molecule has 2 aromatic rings. The standard InChI is InChI=1S/C21H23N3O3/c25-18-12-21(27-19-4-2-1-3-15(18)19)7-9-24(10-8-21)20(26)14-5-6-16-17(11-14)23-13-22-16/h1-4,13-14H,5-12H2,(H,22,23). The molecule has 1 aromatic heterocycles. The molecular formula is C21H23N3O3. The number of ketones is 1. The lowest BCUT2D eigenvalue weighted by Crippen LogP contribution is -2.53. The van der Waals surface area contributed by atoms with Crippen molar-refractivity contribution in [2.24, 2.45) is 5.92 Å². The van der Waals surface area contributed by atoms with E-state index in [9.17, 15) is 9.59 Å². The number of ether oxygens (including phenoxy) is 1. The first-order chi connectivity index (χ1) is 13.1. The van der Waals surface area contributed by atoms with E-state index in [0.717, 1.165) is 30.7 Å². The highest BCUT2D eigenvalue weighted by atomic mass is 16.5. The van der Waals surface area contributed by atoms with Gasteiger partial charge < -0.3 is 14.6 Å². The summed E-state index contributed by atoms with van der Waals surface area (Å²) in [5.74, 6) is 1.09. The van der Waals surface area contributed by atoms with Gasteiger partial charge in [-0.3, -0.25) is 9.59 Å². The maximum atomic E-state index is 13.0.